The van der Waals surface area contributed by atoms with Gasteiger partial charge in [0.2, 0.25) is 0 Å². The van der Waals surface area contributed by atoms with Gasteiger partial charge in [0.25, 0.3) is 0 Å². The monoisotopic (exact) mass is 388 g/mol. The van der Waals surface area contributed by atoms with Crippen molar-refractivity contribution in [3.8, 4) is 0 Å². The standard InChI is InChI=1S/3C2H4O2S.In/c3*3-2(4)1-5;/h3*5H,1H2,(H,3,4);/q;;;+3/p-3. The van der Waals surface area contributed by atoms with Crippen LogP contribution in [-0.4, -0.2) is 61.0 Å². The van der Waals surface area contributed by atoms with E-state index in [2.05, 4.69) is 37.9 Å². The number of carbonyl (C=O) groups is 3. The predicted octanol–water partition coefficient (Wildman–Crippen LogP) is -4.38. The molecule has 16 heavy (non-hydrogen) atoms. The van der Waals surface area contributed by atoms with Gasteiger partial charge in [0.1, 0.15) is 0 Å². The molecule has 0 aromatic rings. The summed E-state index contributed by atoms with van der Waals surface area (Å²) in [4.78, 5) is 27.5. The molecule has 0 amide bonds. The largest absolute Gasteiger partial charge is 3.00 e. The van der Waals surface area contributed by atoms with Crippen LogP contribution in [0, 0.1) is 0 Å². The smallest absolute Gasteiger partial charge is 0.549 e. The zero-order valence-electron chi connectivity index (χ0n) is 7.99. The molecule has 0 aliphatic carbocycles. The van der Waals surface area contributed by atoms with E-state index in [-0.39, 0.29) is 43.1 Å². The molecule has 0 saturated heterocycles. The van der Waals surface area contributed by atoms with Gasteiger partial charge in [-0.25, -0.2) is 0 Å². The second-order valence-corrected chi connectivity index (χ2v) is 2.54. The molecule has 0 spiro atoms. The summed E-state index contributed by atoms with van der Waals surface area (Å²) in [6.07, 6.45) is 0. The molecule has 0 unspecified atom stereocenters. The minimum Gasteiger partial charge on any atom is -0.549 e. The number of thiol groups is 3. The molecule has 0 bridgehead atoms. The van der Waals surface area contributed by atoms with Gasteiger partial charge in [-0.05, 0) is 0 Å². The summed E-state index contributed by atoms with van der Waals surface area (Å²) in [6.45, 7) is 0. The van der Waals surface area contributed by atoms with Crippen molar-refractivity contribution in [1.82, 2.24) is 0 Å². The van der Waals surface area contributed by atoms with E-state index in [1.807, 2.05) is 0 Å². The molecule has 0 fully saturated rings. The number of carboxylic acid groups (broad SMARTS) is 3. The Kier molecular flexibility index (Phi) is 32.7. The van der Waals surface area contributed by atoms with Crippen molar-refractivity contribution in [3.63, 3.8) is 0 Å². The van der Waals surface area contributed by atoms with E-state index in [0.717, 1.165) is 0 Å². The summed E-state index contributed by atoms with van der Waals surface area (Å²) >= 11 is 10.1. The molecule has 0 rings (SSSR count). The van der Waals surface area contributed by atoms with Gasteiger partial charge in [0, 0.05) is 17.3 Å². The second kappa shape index (κ2) is 20.7. The fourth-order valence-corrected chi connectivity index (χ4v) is 0. The molecule has 0 aliphatic rings. The summed E-state index contributed by atoms with van der Waals surface area (Å²) in [5, 5.41) is 27.5. The van der Waals surface area contributed by atoms with Gasteiger partial charge in [-0.15, -0.1) is 0 Å². The van der Waals surface area contributed by atoms with Gasteiger partial charge in [-0.2, -0.15) is 37.9 Å². The Labute approximate surface area is 128 Å². The zero-order chi connectivity index (χ0) is 12.9. The van der Waals surface area contributed by atoms with Crippen molar-refractivity contribution in [2.45, 2.75) is 0 Å². The van der Waals surface area contributed by atoms with Gasteiger partial charge in [0.05, 0.1) is 17.9 Å². The van der Waals surface area contributed by atoms with Crippen LogP contribution in [0.2, 0.25) is 0 Å². The van der Waals surface area contributed by atoms with E-state index in [4.69, 9.17) is 0 Å². The molecule has 0 aromatic carbocycles. The third-order valence-electron chi connectivity index (χ3n) is 0.387. The topological polar surface area (TPSA) is 120 Å². The van der Waals surface area contributed by atoms with Gasteiger partial charge in [-0.1, -0.05) is 0 Å². The molecule has 0 aliphatic heterocycles. The number of carbonyl (C=O) groups excluding carboxylic acids is 3. The Hall–Kier alpha value is 0.330. The number of aliphatic carboxylic acids is 3. The van der Waals surface area contributed by atoms with Crippen LogP contribution < -0.4 is 15.3 Å². The summed E-state index contributed by atoms with van der Waals surface area (Å²) in [5.74, 6) is -3.98. The summed E-state index contributed by atoms with van der Waals surface area (Å²) in [7, 11) is 0. The number of hydrogen-bond acceptors (Lipinski definition) is 9. The predicted molar refractivity (Wildman–Crippen MR) is 62.3 cm³/mol. The van der Waals surface area contributed by atoms with E-state index >= 15 is 0 Å². The van der Waals surface area contributed by atoms with Gasteiger partial charge < -0.3 is 29.7 Å². The molecular weight excluding hydrogens is 379 g/mol. The maximum Gasteiger partial charge on any atom is 3.00 e. The average molecular weight is 388 g/mol. The van der Waals surface area contributed by atoms with Crippen LogP contribution in [0.1, 0.15) is 0 Å². The Morgan fingerprint density at radius 2 is 0.750 bits per heavy atom. The molecule has 0 N–H and O–H groups in total. The number of rotatable bonds is 3. The maximum absolute atomic E-state index is 9.18. The van der Waals surface area contributed by atoms with Crippen LogP contribution in [0.25, 0.3) is 0 Å². The fraction of sp³-hybridized carbons (Fsp3) is 0.500. The molecule has 6 nitrogen and oxygen atoms in total. The molecule has 0 heterocycles. The Morgan fingerprint density at radius 3 is 0.750 bits per heavy atom. The quantitative estimate of drug-likeness (QED) is 0.420. The molecule has 0 atom stereocenters. The average Bonchev–Trinajstić information content (AvgIpc) is 2.19. The van der Waals surface area contributed by atoms with Gasteiger partial charge in [-0.3, -0.25) is 0 Å². The number of hydrogen-bond donors (Lipinski definition) is 3. The molecule has 0 saturated carbocycles. The normalized spacial score (nSPS) is 6.94. The van der Waals surface area contributed by atoms with Crippen LogP contribution in [0.4, 0.5) is 0 Å². The molecule has 0 aromatic heterocycles. The first-order valence-electron chi connectivity index (χ1n) is 3.23. The number of carboxylic acids is 3. The third-order valence-corrected chi connectivity index (χ3v) is 1.16. The summed E-state index contributed by atoms with van der Waals surface area (Å²) in [5.41, 5.74) is 0. The van der Waals surface area contributed by atoms with Crippen molar-refractivity contribution in [2.75, 3.05) is 17.3 Å². The fourth-order valence-electron chi connectivity index (χ4n) is 0. The minimum absolute atomic E-state index is 0. The maximum atomic E-state index is 9.18. The Bertz CT molecular complexity index is 167. The summed E-state index contributed by atoms with van der Waals surface area (Å²) in [6, 6.07) is 0. The molecule has 0 radical (unpaired) electrons. The van der Waals surface area contributed by atoms with Crippen molar-refractivity contribution < 1.29 is 29.7 Å². The van der Waals surface area contributed by atoms with E-state index in [1.54, 1.807) is 0 Å². The Balaban J connectivity index is -0.0000000655. The molecular formula is C6H9InO6S3. The van der Waals surface area contributed by atoms with Crippen LogP contribution >= 0.6 is 37.9 Å². The van der Waals surface area contributed by atoms with Crippen molar-refractivity contribution in [1.29, 1.82) is 0 Å². The first kappa shape index (κ1) is 25.2. The van der Waals surface area contributed by atoms with Gasteiger partial charge in [0.15, 0.2) is 0 Å². The SMILES string of the molecule is O=C([O-])CS.O=C([O-])CS.O=C([O-])CS.[In+3]. The first-order valence-corrected chi connectivity index (χ1v) is 5.13. The second-order valence-electron chi connectivity index (χ2n) is 1.59. The van der Waals surface area contributed by atoms with E-state index in [0.29, 0.717) is 0 Å². The van der Waals surface area contributed by atoms with Crippen molar-refractivity contribution in [2.24, 2.45) is 0 Å². The molecule has 10 heteroatoms. The van der Waals surface area contributed by atoms with Crippen molar-refractivity contribution in [3.05, 3.63) is 0 Å². The van der Waals surface area contributed by atoms with Crippen LogP contribution in [-0.2, 0) is 14.4 Å². The summed E-state index contributed by atoms with van der Waals surface area (Å²) < 4.78 is 0. The Morgan fingerprint density at radius 1 is 0.688 bits per heavy atom. The van der Waals surface area contributed by atoms with Crippen LogP contribution in [0.15, 0.2) is 0 Å². The van der Waals surface area contributed by atoms with Crippen molar-refractivity contribution >= 4 is 81.6 Å². The van der Waals surface area contributed by atoms with E-state index in [9.17, 15) is 29.7 Å². The molecule has 90 valence electrons. The van der Waals surface area contributed by atoms with Crippen LogP contribution in [0.5, 0.6) is 0 Å². The zero-order valence-corrected chi connectivity index (χ0v) is 14.0. The first-order chi connectivity index (χ1) is 6.81. The minimum atomic E-state index is -1.13. The van der Waals surface area contributed by atoms with Gasteiger partial charge >= 0.3 is 25.8 Å². The van der Waals surface area contributed by atoms with E-state index < -0.39 is 17.9 Å². The van der Waals surface area contributed by atoms with E-state index in [1.165, 1.54) is 0 Å². The van der Waals surface area contributed by atoms with Crippen LogP contribution in [0.3, 0.4) is 0 Å². The third kappa shape index (κ3) is 63.5.